The van der Waals surface area contributed by atoms with E-state index in [4.69, 9.17) is 0 Å². The Morgan fingerprint density at radius 1 is 0.842 bits per heavy atom. The molecule has 0 nitrogen and oxygen atoms in total. The molecule has 0 aliphatic heterocycles. The summed E-state index contributed by atoms with van der Waals surface area (Å²) < 4.78 is 3.67. The summed E-state index contributed by atoms with van der Waals surface area (Å²) in [6, 6.07) is 0. The van der Waals surface area contributed by atoms with E-state index < -0.39 is 0 Å². The Morgan fingerprint density at radius 2 is 1.32 bits per heavy atom. The molecule has 1 heteroatoms. The van der Waals surface area contributed by atoms with Crippen molar-refractivity contribution in [1.29, 1.82) is 0 Å². The van der Waals surface area contributed by atoms with Gasteiger partial charge in [-0.15, -0.1) is 0 Å². The Bertz CT molecular complexity index is 381. The van der Waals surface area contributed by atoms with Crippen molar-refractivity contribution in [1.82, 2.24) is 0 Å². The highest BCUT2D eigenvalue weighted by molar-refractivity contribution is 6.54. The minimum atomic E-state index is -0.152. The molecule has 0 atom stereocenters. The Labute approximate surface area is 128 Å². The molecule has 0 aromatic rings. The van der Waals surface area contributed by atoms with E-state index >= 15 is 0 Å². The monoisotopic (exact) mass is 266 g/mol. The molecule has 0 saturated heterocycles. The highest BCUT2D eigenvalue weighted by atomic mass is 24.5. The summed E-state index contributed by atoms with van der Waals surface area (Å²) in [5.41, 5.74) is 3.39. The average molecular weight is 267 g/mol. The molecule has 2 aliphatic carbocycles. The van der Waals surface area contributed by atoms with E-state index in [2.05, 4.69) is 38.2 Å². The topological polar surface area (TPSA) is 0 Å². The van der Waals surface area contributed by atoms with Crippen molar-refractivity contribution in [2.24, 2.45) is 0 Å². The van der Waals surface area contributed by atoms with Crippen LogP contribution < -0.4 is 0 Å². The molecule has 2 aliphatic rings. The maximum Gasteiger partial charge on any atom is 0.439 e. The van der Waals surface area contributed by atoms with E-state index in [0.29, 0.717) is 0 Å². The van der Waals surface area contributed by atoms with Gasteiger partial charge in [-0.05, 0) is 38.5 Å². The molecule has 0 amide bonds. The molecule has 0 unspecified atom stereocenters. The molecule has 100 valence electrons. The first-order chi connectivity index (χ1) is 9.35. The van der Waals surface area contributed by atoms with Crippen LogP contribution in [0.25, 0.3) is 0 Å². The summed E-state index contributed by atoms with van der Waals surface area (Å²) in [6.07, 6.45) is 20.1. The zero-order valence-corrected chi connectivity index (χ0v) is 14.1. The fourth-order valence-electron chi connectivity index (χ4n) is 3.07. The van der Waals surface area contributed by atoms with Crippen molar-refractivity contribution in [3.05, 3.63) is 42.9 Å². The molecular formula is C18H26Mg. The zero-order chi connectivity index (χ0) is 13.5. The Hall–Kier alpha value is -0.274. The smallest absolute Gasteiger partial charge is 0.179 e. The summed E-state index contributed by atoms with van der Waals surface area (Å²) >= 11 is -0.152. The van der Waals surface area contributed by atoms with Gasteiger partial charge in [0.15, 0.2) is 0 Å². The molecule has 19 heavy (non-hydrogen) atoms. The molecule has 0 spiro atoms. The lowest BCUT2D eigenvalue weighted by Gasteiger charge is -2.10. The van der Waals surface area contributed by atoms with E-state index in [1.165, 1.54) is 51.4 Å². The van der Waals surface area contributed by atoms with Crippen LogP contribution in [-0.4, -0.2) is 20.4 Å². The molecule has 0 N–H and O–H groups in total. The van der Waals surface area contributed by atoms with Gasteiger partial charge in [-0.1, -0.05) is 62.1 Å². The van der Waals surface area contributed by atoms with Gasteiger partial charge in [0, 0.05) is 0 Å². The molecule has 0 bridgehead atoms. The third-order valence-corrected chi connectivity index (χ3v) is 6.64. The van der Waals surface area contributed by atoms with E-state index in [0.717, 1.165) is 0 Å². The minimum absolute atomic E-state index is 0.152. The standard InChI is InChI=1S/2C9H13.Mg/c2*1-2-3-6-9-7-4-5-8-9;/h2*4,7H,2-3,5-6H2,1H3;. The van der Waals surface area contributed by atoms with Crippen LogP contribution in [0, 0.1) is 0 Å². The molecule has 0 saturated carbocycles. The normalized spacial score (nSPS) is 17.8. The zero-order valence-electron chi connectivity index (χ0n) is 12.7. The van der Waals surface area contributed by atoms with Crippen LogP contribution >= 0.6 is 0 Å². The quantitative estimate of drug-likeness (QED) is 0.509. The van der Waals surface area contributed by atoms with Crippen LogP contribution in [0.2, 0.25) is 0 Å². The number of hydrogen-bond acceptors (Lipinski definition) is 0. The van der Waals surface area contributed by atoms with Gasteiger partial charge < -0.3 is 0 Å². The van der Waals surface area contributed by atoms with Gasteiger partial charge in [-0.3, -0.25) is 0 Å². The summed E-state index contributed by atoms with van der Waals surface area (Å²) in [5, 5.41) is 0. The van der Waals surface area contributed by atoms with Crippen molar-refractivity contribution in [3.63, 3.8) is 0 Å². The van der Waals surface area contributed by atoms with Gasteiger partial charge in [0.05, 0.1) is 0 Å². The van der Waals surface area contributed by atoms with Crippen LogP contribution in [0.15, 0.2) is 42.9 Å². The van der Waals surface area contributed by atoms with Crippen LogP contribution in [0.5, 0.6) is 0 Å². The highest BCUT2D eigenvalue weighted by Gasteiger charge is 2.17. The van der Waals surface area contributed by atoms with Crippen molar-refractivity contribution in [2.45, 2.75) is 65.2 Å². The number of hydrogen-bond donors (Lipinski definition) is 0. The van der Waals surface area contributed by atoms with E-state index in [1.807, 2.05) is 7.40 Å². The van der Waals surface area contributed by atoms with Gasteiger partial charge in [-0.2, -0.15) is 7.40 Å². The summed E-state index contributed by atoms with van der Waals surface area (Å²) in [5.74, 6) is 0. The maximum atomic E-state index is 2.41. The van der Waals surface area contributed by atoms with Gasteiger partial charge in [-0.25, -0.2) is 0 Å². The second-order valence-electron chi connectivity index (χ2n) is 5.85. The van der Waals surface area contributed by atoms with Crippen LogP contribution in [0.1, 0.15) is 65.2 Å². The molecule has 2 rings (SSSR count). The molecule has 0 fully saturated rings. The third-order valence-electron chi connectivity index (χ3n) is 4.30. The summed E-state index contributed by atoms with van der Waals surface area (Å²) in [7, 11) is 0. The van der Waals surface area contributed by atoms with Gasteiger partial charge in [0.2, 0.25) is 0 Å². The maximum absolute atomic E-state index is 2.41. The number of allylic oxidation sites excluding steroid dienone is 8. The van der Waals surface area contributed by atoms with E-state index in [1.54, 1.807) is 11.1 Å². The van der Waals surface area contributed by atoms with Gasteiger partial charge in [0.25, 0.3) is 0 Å². The van der Waals surface area contributed by atoms with Crippen molar-refractivity contribution in [2.75, 3.05) is 0 Å². The lowest BCUT2D eigenvalue weighted by Crippen LogP contribution is -2.03. The fourth-order valence-corrected chi connectivity index (χ4v) is 5.25. The van der Waals surface area contributed by atoms with Crippen molar-refractivity contribution >= 4 is 20.4 Å². The lowest BCUT2D eigenvalue weighted by molar-refractivity contribution is 0.796. The van der Waals surface area contributed by atoms with E-state index in [9.17, 15) is 0 Å². The SMILES string of the molecule is CCCCC1=[C]([Mg][C]2=C(CCCC)C=CC2)CC=C1. The first-order valence-electron chi connectivity index (χ1n) is 8.10. The van der Waals surface area contributed by atoms with Crippen molar-refractivity contribution in [3.8, 4) is 0 Å². The first-order valence-corrected chi connectivity index (χ1v) is 9.51. The number of unbranched alkanes of at least 4 members (excludes halogenated alkanes) is 2. The molecule has 0 heterocycles. The van der Waals surface area contributed by atoms with Crippen LogP contribution in [-0.2, 0) is 0 Å². The third kappa shape index (κ3) is 4.36. The molecule has 0 aromatic carbocycles. The van der Waals surface area contributed by atoms with Crippen LogP contribution in [0.4, 0.5) is 0 Å². The fraction of sp³-hybridized carbons (Fsp3) is 0.556. The Balaban J connectivity index is 1.99. The average Bonchev–Trinajstić information content (AvgIpc) is 3.04. The van der Waals surface area contributed by atoms with Gasteiger partial charge in [0.1, 0.15) is 0 Å². The predicted octanol–water partition coefficient (Wildman–Crippen LogP) is 5.50. The van der Waals surface area contributed by atoms with Crippen LogP contribution in [0.3, 0.4) is 0 Å². The Morgan fingerprint density at radius 3 is 1.74 bits per heavy atom. The summed E-state index contributed by atoms with van der Waals surface area (Å²) in [4.78, 5) is 0. The predicted molar refractivity (Wildman–Crippen MR) is 86.4 cm³/mol. The Kier molecular flexibility index (Phi) is 6.46. The minimum Gasteiger partial charge on any atom is -0.179 e. The lowest BCUT2D eigenvalue weighted by atomic mass is 10.1. The van der Waals surface area contributed by atoms with Crippen molar-refractivity contribution < 1.29 is 0 Å². The number of rotatable bonds is 8. The van der Waals surface area contributed by atoms with Gasteiger partial charge >= 0.3 is 20.4 Å². The molecule has 0 aromatic heterocycles. The summed E-state index contributed by atoms with van der Waals surface area (Å²) in [6.45, 7) is 4.59. The second kappa shape index (κ2) is 8.11. The largest absolute Gasteiger partial charge is 0.439 e. The first kappa shape index (κ1) is 15.1. The van der Waals surface area contributed by atoms with E-state index in [-0.39, 0.29) is 20.4 Å². The molecule has 0 radical (unpaired) electrons. The molecular weight excluding hydrogens is 241 g/mol. The highest BCUT2D eigenvalue weighted by Crippen LogP contribution is 2.29. The second-order valence-corrected chi connectivity index (χ2v) is 7.92.